The second-order valence-electron chi connectivity index (χ2n) is 6.35. The lowest BCUT2D eigenvalue weighted by Gasteiger charge is -2.22. The summed E-state index contributed by atoms with van der Waals surface area (Å²) in [5.74, 6) is -0.305. The van der Waals surface area contributed by atoms with Crippen molar-refractivity contribution in [3.8, 4) is 0 Å². The van der Waals surface area contributed by atoms with Crippen molar-refractivity contribution in [2.75, 3.05) is 5.32 Å². The van der Waals surface area contributed by atoms with E-state index in [1.165, 1.54) is 42.4 Å². The molecule has 2 aliphatic rings. The van der Waals surface area contributed by atoms with Gasteiger partial charge < -0.3 is 10.6 Å². The highest BCUT2D eigenvalue weighted by Gasteiger charge is 2.24. The molecule has 2 saturated carbocycles. The Hall–Kier alpha value is -1.35. The number of carbonyl (C=O) groups is 2. The quantitative estimate of drug-likeness (QED) is 0.667. The maximum Gasteiger partial charge on any atom is 0.321 e. The highest BCUT2D eigenvalue weighted by atomic mass is 32.2. The second kappa shape index (κ2) is 8.15. The first-order valence-electron chi connectivity index (χ1n) is 8.48. The van der Waals surface area contributed by atoms with Crippen LogP contribution in [0.15, 0.2) is 4.34 Å². The first-order valence-corrected chi connectivity index (χ1v) is 10.2. The molecule has 2 aliphatic carbocycles. The molecule has 24 heavy (non-hydrogen) atoms. The van der Waals surface area contributed by atoms with E-state index in [9.17, 15) is 9.59 Å². The first-order chi connectivity index (χ1) is 11.6. The summed E-state index contributed by atoms with van der Waals surface area (Å²) in [6.45, 7) is 1.77. The minimum Gasteiger partial charge on any atom is -0.357 e. The molecule has 1 aromatic rings. The predicted octanol–water partition coefficient (Wildman–Crippen LogP) is 2.75. The monoisotopic (exact) mass is 369 g/mol. The fourth-order valence-electron chi connectivity index (χ4n) is 2.60. The highest BCUT2D eigenvalue weighted by molar-refractivity contribution is 8.02. The molecule has 1 heterocycles. The molecule has 0 unspecified atom stereocenters. The zero-order chi connectivity index (χ0) is 16.9. The van der Waals surface area contributed by atoms with Crippen LogP contribution in [0.4, 0.5) is 9.93 Å². The zero-order valence-corrected chi connectivity index (χ0v) is 15.3. The number of rotatable bonds is 6. The number of nitrogens with one attached hydrogen (secondary N) is 3. The number of urea groups is 1. The van der Waals surface area contributed by atoms with E-state index in [-0.39, 0.29) is 11.9 Å². The van der Waals surface area contributed by atoms with E-state index < -0.39 is 11.3 Å². The Morgan fingerprint density at radius 2 is 1.88 bits per heavy atom. The van der Waals surface area contributed by atoms with Crippen molar-refractivity contribution in [3.05, 3.63) is 0 Å². The van der Waals surface area contributed by atoms with Gasteiger partial charge in [0.05, 0.1) is 5.25 Å². The van der Waals surface area contributed by atoms with E-state index in [1.807, 2.05) is 0 Å². The van der Waals surface area contributed by atoms with Crippen LogP contribution in [0.3, 0.4) is 0 Å². The first kappa shape index (κ1) is 17.5. The molecule has 0 aromatic carbocycles. The fraction of sp³-hybridized carbons (Fsp3) is 0.733. The van der Waals surface area contributed by atoms with Crippen LogP contribution in [-0.2, 0) is 4.79 Å². The molecule has 1 aromatic heterocycles. The Kier molecular flexibility index (Phi) is 5.94. The molecule has 3 rings (SSSR count). The molecule has 0 aliphatic heterocycles. The number of thioether (sulfide) groups is 1. The molecule has 7 nitrogen and oxygen atoms in total. The SMILES string of the molecule is C[C@@H](Sc1nnc(NC2CC2)s1)C(=O)NC(=O)NC1CCCCC1. The van der Waals surface area contributed by atoms with Gasteiger partial charge >= 0.3 is 6.03 Å². The second-order valence-corrected chi connectivity index (χ2v) is 8.91. The number of imide groups is 1. The third kappa shape index (κ3) is 5.34. The molecule has 0 spiro atoms. The van der Waals surface area contributed by atoms with E-state index in [0.717, 1.165) is 35.2 Å². The van der Waals surface area contributed by atoms with Crippen LogP contribution in [0.5, 0.6) is 0 Å². The van der Waals surface area contributed by atoms with Gasteiger partial charge in [0.25, 0.3) is 0 Å². The maximum atomic E-state index is 12.1. The van der Waals surface area contributed by atoms with Crippen LogP contribution in [-0.4, -0.2) is 39.5 Å². The summed E-state index contributed by atoms with van der Waals surface area (Å²) < 4.78 is 0.730. The van der Waals surface area contributed by atoms with Crippen molar-refractivity contribution in [1.82, 2.24) is 20.8 Å². The van der Waals surface area contributed by atoms with Gasteiger partial charge in [0.15, 0.2) is 4.34 Å². The number of aromatic nitrogens is 2. The van der Waals surface area contributed by atoms with Gasteiger partial charge in [-0.25, -0.2) is 4.79 Å². The van der Waals surface area contributed by atoms with Crippen molar-refractivity contribution >= 4 is 40.2 Å². The summed E-state index contributed by atoms with van der Waals surface area (Å²) in [6, 6.07) is 0.321. The van der Waals surface area contributed by atoms with Gasteiger partial charge in [0, 0.05) is 12.1 Å². The average Bonchev–Trinajstić information content (AvgIpc) is 3.26. The lowest BCUT2D eigenvalue weighted by molar-refractivity contribution is -0.119. The minimum atomic E-state index is -0.399. The lowest BCUT2D eigenvalue weighted by Crippen LogP contribution is -2.47. The van der Waals surface area contributed by atoms with E-state index in [4.69, 9.17) is 0 Å². The van der Waals surface area contributed by atoms with Crippen molar-refractivity contribution in [2.24, 2.45) is 0 Å². The number of amides is 3. The molecule has 0 radical (unpaired) electrons. The summed E-state index contributed by atoms with van der Waals surface area (Å²) in [5.41, 5.74) is 0. The molecule has 0 bridgehead atoms. The number of anilines is 1. The molecule has 1 atom stereocenters. The van der Waals surface area contributed by atoms with Crippen LogP contribution >= 0.6 is 23.1 Å². The smallest absolute Gasteiger partial charge is 0.321 e. The minimum absolute atomic E-state index is 0.189. The molecule has 132 valence electrons. The van der Waals surface area contributed by atoms with Gasteiger partial charge in [-0.1, -0.05) is 42.4 Å². The van der Waals surface area contributed by atoms with Crippen LogP contribution < -0.4 is 16.0 Å². The Bertz CT molecular complexity index is 584. The van der Waals surface area contributed by atoms with E-state index in [0.29, 0.717) is 6.04 Å². The Morgan fingerprint density at radius 1 is 1.12 bits per heavy atom. The Morgan fingerprint density at radius 3 is 2.58 bits per heavy atom. The average molecular weight is 370 g/mol. The number of nitrogens with zero attached hydrogens (tertiary/aromatic N) is 2. The standard InChI is InChI=1S/C15H23N5O2S2/c1-9(23-15-20-19-14(24-15)17-11-7-8-11)12(21)18-13(22)16-10-5-3-2-4-6-10/h9-11H,2-8H2,1H3,(H,17,19)(H2,16,18,21,22)/t9-/m1/s1. The lowest BCUT2D eigenvalue weighted by atomic mass is 9.96. The van der Waals surface area contributed by atoms with Gasteiger partial charge in [-0.15, -0.1) is 10.2 Å². The summed E-state index contributed by atoms with van der Waals surface area (Å²) in [4.78, 5) is 24.1. The van der Waals surface area contributed by atoms with Gasteiger partial charge in [0.2, 0.25) is 11.0 Å². The van der Waals surface area contributed by atoms with Gasteiger partial charge in [-0.2, -0.15) is 0 Å². The van der Waals surface area contributed by atoms with Gasteiger partial charge in [-0.05, 0) is 32.6 Å². The Balaban J connectivity index is 1.41. The number of carbonyl (C=O) groups excluding carboxylic acids is 2. The molecular weight excluding hydrogens is 346 g/mol. The molecule has 9 heteroatoms. The van der Waals surface area contributed by atoms with E-state index in [2.05, 4.69) is 26.1 Å². The topological polar surface area (TPSA) is 96.0 Å². The van der Waals surface area contributed by atoms with Crippen LogP contribution in [0.1, 0.15) is 51.9 Å². The van der Waals surface area contributed by atoms with Gasteiger partial charge in [0.1, 0.15) is 0 Å². The summed E-state index contributed by atoms with van der Waals surface area (Å²) in [7, 11) is 0. The zero-order valence-electron chi connectivity index (χ0n) is 13.7. The third-order valence-electron chi connectivity index (χ3n) is 4.14. The molecule has 2 fully saturated rings. The predicted molar refractivity (Wildman–Crippen MR) is 95.4 cm³/mol. The Labute approximate surface area is 149 Å². The number of hydrogen-bond acceptors (Lipinski definition) is 7. The number of hydrogen-bond donors (Lipinski definition) is 3. The normalized spacial score (nSPS) is 19.5. The molecule has 0 saturated heterocycles. The van der Waals surface area contributed by atoms with Crippen molar-refractivity contribution in [2.45, 2.75) is 73.5 Å². The molecule has 3 N–H and O–H groups in total. The molecular formula is C15H23N5O2S2. The van der Waals surface area contributed by atoms with Crippen molar-refractivity contribution in [3.63, 3.8) is 0 Å². The summed E-state index contributed by atoms with van der Waals surface area (Å²) in [6.07, 6.45) is 7.85. The maximum absolute atomic E-state index is 12.1. The summed E-state index contributed by atoms with van der Waals surface area (Å²) in [5, 5.41) is 17.1. The van der Waals surface area contributed by atoms with Crippen LogP contribution in [0.25, 0.3) is 0 Å². The van der Waals surface area contributed by atoms with Crippen molar-refractivity contribution in [1.29, 1.82) is 0 Å². The largest absolute Gasteiger partial charge is 0.357 e. The summed E-state index contributed by atoms with van der Waals surface area (Å²) >= 11 is 2.76. The van der Waals surface area contributed by atoms with Crippen molar-refractivity contribution < 1.29 is 9.59 Å². The third-order valence-corrected chi connectivity index (χ3v) is 6.17. The van der Waals surface area contributed by atoms with Crippen LogP contribution in [0, 0.1) is 0 Å². The van der Waals surface area contributed by atoms with Crippen LogP contribution in [0.2, 0.25) is 0 Å². The van der Waals surface area contributed by atoms with Gasteiger partial charge in [-0.3, -0.25) is 10.1 Å². The van der Waals surface area contributed by atoms with E-state index in [1.54, 1.807) is 6.92 Å². The fourth-order valence-corrected chi connectivity index (χ4v) is 4.58. The molecule has 3 amide bonds. The highest BCUT2D eigenvalue weighted by Crippen LogP contribution is 2.32. The van der Waals surface area contributed by atoms with E-state index >= 15 is 0 Å².